The van der Waals surface area contributed by atoms with Crippen LogP contribution in [0.5, 0.6) is 0 Å². The SMILES string of the molecule is CCN(C[C@H]1C=C(N)NC1)c1ccc(F)cc1F. The van der Waals surface area contributed by atoms with Gasteiger partial charge in [-0.1, -0.05) is 0 Å². The Morgan fingerprint density at radius 3 is 2.78 bits per heavy atom. The van der Waals surface area contributed by atoms with Crippen molar-refractivity contribution in [2.75, 3.05) is 24.5 Å². The van der Waals surface area contributed by atoms with Crippen LogP contribution in [0.3, 0.4) is 0 Å². The molecular weight excluding hydrogens is 236 g/mol. The fourth-order valence-electron chi connectivity index (χ4n) is 2.16. The first kappa shape index (κ1) is 12.7. The molecule has 3 nitrogen and oxygen atoms in total. The number of nitrogens with one attached hydrogen (secondary N) is 1. The molecule has 1 aliphatic rings. The molecule has 0 aliphatic carbocycles. The van der Waals surface area contributed by atoms with E-state index in [9.17, 15) is 8.78 Å². The summed E-state index contributed by atoms with van der Waals surface area (Å²) in [5.74, 6) is -0.177. The molecule has 0 saturated heterocycles. The third-order valence-corrected chi connectivity index (χ3v) is 3.07. The summed E-state index contributed by atoms with van der Waals surface area (Å²) in [6.45, 7) is 4.02. The van der Waals surface area contributed by atoms with Crippen LogP contribution >= 0.6 is 0 Å². The fourth-order valence-corrected chi connectivity index (χ4v) is 2.16. The number of nitrogens with zero attached hydrogens (tertiary/aromatic N) is 1. The summed E-state index contributed by atoms with van der Waals surface area (Å²) in [6, 6.07) is 3.66. The van der Waals surface area contributed by atoms with E-state index in [1.54, 1.807) is 0 Å². The van der Waals surface area contributed by atoms with Gasteiger partial charge in [0.25, 0.3) is 0 Å². The lowest BCUT2D eigenvalue weighted by molar-refractivity contribution is 0.568. The summed E-state index contributed by atoms with van der Waals surface area (Å²) >= 11 is 0. The molecule has 98 valence electrons. The van der Waals surface area contributed by atoms with E-state index in [0.717, 1.165) is 12.6 Å². The summed E-state index contributed by atoms with van der Waals surface area (Å²) in [5, 5.41) is 3.03. The fraction of sp³-hybridized carbons (Fsp3) is 0.385. The highest BCUT2D eigenvalue weighted by molar-refractivity contribution is 5.48. The van der Waals surface area contributed by atoms with Crippen molar-refractivity contribution < 1.29 is 8.78 Å². The number of anilines is 1. The monoisotopic (exact) mass is 253 g/mol. The van der Waals surface area contributed by atoms with Crippen LogP contribution < -0.4 is 16.0 Å². The molecule has 0 radical (unpaired) electrons. The van der Waals surface area contributed by atoms with Crippen LogP contribution in [0.4, 0.5) is 14.5 Å². The molecule has 5 heteroatoms. The van der Waals surface area contributed by atoms with Gasteiger partial charge in [0.2, 0.25) is 0 Å². The van der Waals surface area contributed by atoms with E-state index in [2.05, 4.69) is 5.32 Å². The Balaban J connectivity index is 2.13. The molecule has 0 spiro atoms. The smallest absolute Gasteiger partial charge is 0.149 e. The molecule has 0 fully saturated rings. The molecule has 1 aromatic carbocycles. The second-order valence-electron chi connectivity index (χ2n) is 4.40. The van der Waals surface area contributed by atoms with E-state index in [-0.39, 0.29) is 5.92 Å². The van der Waals surface area contributed by atoms with Crippen molar-refractivity contribution in [1.29, 1.82) is 0 Å². The minimum absolute atomic E-state index is 0.245. The molecular formula is C13H17F2N3. The number of hydrogen-bond donors (Lipinski definition) is 2. The second-order valence-corrected chi connectivity index (χ2v) is 4.40. The van der Waals surface area contributed by atoms with Gasteiger partial charge in [-0.25, -0.2) is 8.78 Å². The molecule has 3 N–H and O–H groups in total. The van der Waals surface area contributed by atoms with Gasteiger partial charge in [0.05, 0.1) is 11.5 Å². The number of hydrogen-bond acceptors (Lipinski definition) is 3. The molecule has 0 saturated carbocycles. The highest BCUT2D eigenvalue weighted by Crippen LogP contribution is 2.22. The van der Waals surface area contributed by atoms with Gasteiger partial charge in [-0.05, 0) is 25.1 Å². The number of benzene rings is 1. The van der Waals surface area contributed by atoms with Crippen molar-refractivity contribution in [3.8, 4) is 0 Å². The highest BCUT2D eigenvalue weighted by atomic mass is 19.1. The van der Waals surface area contributed by atoms with Gasteiger partial charge < -0.3 is 16.0 Å². The van der Waals surface area contributed by atoms with Gasteiger partial charge in [0.1, 0.15) is 11.6 Å². The first-order valence-corrected chi connectivity index (χ1v) is 6.01. The Bertz CT molecular complexity index is 460. The molecule has 0 amide bonds. The van der Waals surface area contributed by atoms with Crippen LogP contribution in [0, 0.1) is 17.6 Å². The zero-order chi connectivity index (χ0) is 13.1. The first-order chi connectivity index (χ1) is 8.60. The predicted octanol–water partition coefficient (Wildman–Crippen LogP) is 1.81. The normalized spacial score (nSPS) is 18.4. The summed E-state index contributed by atoms with van der Waals surface area (Å²) in [4.78, 5) is 1.89. The average Bonchev–Trinajstić information content (AvgIpc) is 2.72. The third-order valence-electron chi connectivity index (χ3n) is 3.07. The van der Waals surface area contributed by atoms with Gasteiger partial charge in [-0.15, -0.1) is 0 Å². The molecule has 2 rings (SSSR count). The summed E-state index contributed by atoms with van der Waals surface area (Å²) in [5.41, 5.74) is 6.07. The minimum atomic E-state index is -0.557. The lowest BCUT2D eigenvalue weighted by Gasteiger charge is -2.25. The Morgan fingerprint density at radius 2 is 2.22 bits per heavy atom. The average molecular weight is 253 g/mol. The van der Waals surface area contributed by atoms with Crippen molar-refractivity contribution >= 4 is 5.69 Å². The van der Waals surface area contributed by atoms with E-state index >= 15 is 0 Å². The summed E-state index contributed by atoms with van der Waals surface area (Å²) < 4.78 is 26.6. The van der Waals surface area contributed by atoms with E-state index in [0.29, 0.717) is 24.6 Å². The topological polar surface area (TPSA) is 41.3 Å². The maximum atomic E-state index is 13.7. The van der Waals surface area contributed by atoms with Crippen LogP contribution in [0.2, 0.25) is 0 Å². The highest BCUT2D eigenvalue weighted by Gasteiger charge is 2.18. The standard InChI is InChI=1S/C13H17F2N3/c1-2-18(8-9-5-13(16)17-7-9)12-4-3-10(14)6-11(12)15/h3-6,9,17H,2,7-8,16H2,1H3/t9-/m0/s1. The second kappa shape index (κ2) is 5.25. The minimum Gasteiger partial charge on any atom is -0.386 e. The van der Waals surface area contributed by atoms with Gasteiger partial charge in [-0.2, -0.15) is 0 Å². The van der Waals surface area contributed by atoms with Crippen LogP contribution in [0.1, 0.15) is 6.92 Å². The van der Waals surface area contributed by atoms with E-state index < -0.39 is 11.6 Å². The van der Waals surface area contributed by atoms with Crippen molar-refractivity contribution in [2.24, 2.45) is 11.7 Å². The van der Waals surface area contributed by atoms with Crippen LogP contribution in [-0.4, -0.2) is 19.6 Å². The molecule has 1 heterocycles. The predicted molar refractivity (Wildman–Crippen MR) is 68.0 cm³/mol. The zero-order valence-corrected chi connectivity index (χ0v) is 10.3. The molecule has 1 aliphatic heterocycles. The molecule has 1 atom stereocenters. The van der Waals surface area contributed by atoms with Crippen molar-refractivity contribution in [3.05, 3.63) is 41.7 Å². The largest absolute Gasteiger partial charge is 0.386 e. The number of nitrogens with two attached hydrogens (primary N) is 1. The molecule has 1 aromatic rings. The van der Waals surface area contributed by atoms with Gasteiger partial charge in [-0.3, -0.25) is 0 Å². The van der Waals surface area contributed by atoms with Crippen molar-refractivity contribution in [3.63, 3.8) is 0 Å². The van der Waals surface area contributed by atoms with Crippen LogP contribution in [-0.2, 0) is 0 Å². The lowest BCUT2D eigenvalue weighted by Crippen LogP contribution is -2.31. The van der Waals surface area contributed by atoms with Crippen molar-refractivity contribution in [1.82, 2.24) is 5.32 Å². The Morgan fingerprint density at radius 1 is 1.44 bits per heavy atom. The summed E-state index contributed by atoms with van der Waals surface area (Å²) in [7, 11) is 0. The zero-order valence-electron chi connectivity index (χ0n) is 10.3. The van der Waals surface area contributed by atoms with E-state index in [4.69, 9.17) is 5.73 Å². The summed E-state index contributed by atoms with van der Waals surface area (Å²) in [6.07, 6.45) is 1.93. The molecule has 0 bridgehead atoms. The van der Waals surface area contributed by atoms with E-state index in [1.807, 2.05) is 17.9 Å². The molecule has 0 unspecified atom stereocenters. The van der Waals surface area contributed by atoms with E-state index in [1.165, 1.54) is 12.1 Å². The number of halogens is 2. The third kappa shape index (κ3) is 2.72. The van der Waals surface area contributed by atoms with Gasteiger partial charge in [0, 0.05) is 31.6 Å². The Kier molecular flexibility index (Phi) is 3.69. The van der Waals surface area contributed by atoms with Crippen LogP contribution in [0.25, 0.3) is 0 Å². The molecule has 18 heavy (non-hydrogen) atoms. The Hall–Kier alpha value is -1.78. The molecule has 0 aromatic heterocycles. The quantitative estimate of drug-likeness (QED) is 0.860. The Labute approximate surface area is 105 Å². The van der Waals surface area contributed by atoms with Gasteiger partial charge >= 0.3 is 0 Å². The van der Waals surface area contributed by atoms with Gasteiger partial charge in [0.15, 0.2) is 0 Å². The maximum absolute atomic E-state index is 13.7. The van der Waals surface area contributed by atoms with Crippen LogP contribution in [0.15, 0.2) is 30.1 Å². The lowest BCUT2D eigenvalue weighted by atomic mass is 10.1. The number of rotatable bonds is 4. The first-order valence-electron chi connectivity index (χ1n) is 6.01. The maximum Gasteiger partial charge on any atom is 0.149 e. The van der Waals surface area contributed by atoms with Crippen molar-refractivity contribution in [2.45, 2.75) is 6.92 Å².